The highest BCUT2D eigenvalue weighted by Crippen LogP contribution is 2.10. The number of rotatable bonds is 8. The number of carbonyl (C=O) groups is 2. The first-order chi connectivity index (χ1) is 14.1. The Morgan fingerprint density at radius 2 is 1.70 bits per heavy atom. The highest BCUT2D eigenvalue weighted by molar-refractivity contribution is 7.89. The molecule has 1 atom stereocenters. The molecule has 1 aliphatic rings. The summed E-state index contributed by atoms with van der Waals surface area (Å²) in [5.74, 6) is 0.220. The topological polar surface area (TPSA) is 122 Å². The van der Waals surface area contributed by atoms with E-state index < -0.39 is 10.0 Å². The Labute approximate surface area is 178 Å². The average molecular weight is 441 g/mol. The van der Waals surface area contributed by atoms with Crippen molar-refractivity contribution < 1.29 is 22.7 Å². The van der Waals surface area contributed by atoms with Gasteiger partial charge in [-0.05, 0) is 37.0 Å². The lowest BCUT2D eigenvalue weighted by Crippen LogP contribution is -2.55. The van der Waals surface area contributed by atoms with Gasteiger partial charge in [0, 0.05) is 32.7 Å². The highest BCUT2D eigenvalue weighted by atomic mass is 32.2. The molecular weight excluding hydrogens is 408 g/mol. The molecule has 1 fully saturated rings. The van der Waals surface area contributed by atoms with Crippen molar-refractivity contribution in [3.05, 3.63) is 29.8 Å². The minimum atomic E-state index is -3.70. The van der Waals surface area contributed by atoms with Crippen molar-refractivity contribution in [3.8, 4) is 0 Å². The van der Waals surface area contributed by atoms with Crippen LogP contribution in [0.25, 0.3) is 0 Å². The quantitative estimate of drug-likeness (QED) is 0.616. The van der Waals surface area contributed by atoms with Crippen molar-refractivity contribution in [2.75, 3.05) is 39.3 Å². The fraction of sp³-hybridized carbons (Fsp3) is 0.600. The van der Waals surface area contributed by atoms with Crippen LogP contribution in [-0.4, -0.2) is 75.6 Å². The van der Waals surface area contributed by atoms with Crippen molar-refractivity contribution in [3.63, 3.8) is 0 Å². The molecule has 0 spiro atoms. The fourth-order valence-electron chi connectivity index (χ4n) is 3.11. The Morgan fingerprint density at radius 1 is 1.10 bits per heavy atom. The van der Waals surface area contributed by atoms with Gasteiger partial charge in [0.1, 0.15) is 0 Å². The van der Waals surface area contributed by atoms with Crippen LogP contribution in [-0.2, 0) is 26.0 Å². The summed E-state index contributed by atoms with van der Waals surface area (Å²) in [5, 5.41) is 8.00. The van der Waals surface area contributed by atoms with Gasteiger partial charge in [-0.1, -0.05) is 26.0 Å². The Bertz CT molecular complexity index is 818. The molecule has 2 amide bonds. The lowest BCUT2D eigenvalue weighted by atomic mass is 10.1. The second-order valence-electron chi connectivity index (χ2n) is 7.90. The van der Waals surface area contributed by atoms with Crippen LogP contribution in [0, 0.1) is 5.92 Å². The van der Waals surface area contributed by atoms with Gasteiger partial charge in [0.15, 0.2) is 0 Å². The maximum Gasteiger partial charge on any atom is 0.409 e. The number of benzene rings is 1. The molecule has 1 aromatic rings. The van der Waals surface area contributed by atoms with Crippen LogP contribution in [0.3, 0.4) is 0 Å². The van der Waals surface area contributed by atoms with E-state index in [0.29, 0.717) is 51.7 Å². The predicted molar refractivity (Wildman–Crippen MR) is 113 cm³/mol. The first-order valence-electron chi connectivity index (χ1n) is 10.1. The molecular formula is C20H32N4O5S. The maximum atomic E-state index is 12.5. The number of sulfonamides is 1. The lowest BCUT2D eigenvalue weighted by Gasteiger charge is -2.36. The van der Waals surface area contributed by atoms with E-state index >= 15 is 0 Å². The molecule has 0 saturated carbocycles. The van der Waals surface area contributed by atoms with E-state index in [1.54, 1.807) is 17.0 Å². The molecule has 1 aliphatic heterocycles. The van der Waals surface area contributed by atoms with E-state index in [0.717, 1.165) is 5.56 Å². The van der Waals surface area contributed by atoms with Crippen molar-refractivity contribution in [2.24, 2.45) is 11.1 Å². The summed E-state index contributed by atoms with van der Waals surface area (Å²) >= 11 is 0. The Hall–Kier alpha value is -2.17. The molecule has 0 aliphatic carbocycles. The molecule has 0 aromatic heterocycles. The fourth-order valence-corrected chi connectivity index (χ4v) is 3.63. The van der Waals surface area contributed by atoms with Crippen LogP contribution in [0.2, 0.25) is 0 Å². The molecule has 9 nitrogen and oxygen atoms in total. The van der Waals surface area contributed by atoms with E-state index in [2.05, 4.69) is 5.32 Å². The number of hydrogen-bond donors (Lipinski definition) is 2. The van der Waals surface area contributed by atoms with Crippen molar-refractivity contribution in [1.29, 1.82) is 0 Å². The van der Waals surface area contributed by atoms with Crippen LogP contribution in [0.5, 0.6) is 0 Å². The minimum absolute atomic E-state index is 0.0659. The summed E-state index contributed by atoms with van der Waals surface area (Å²) in [6.07, 6.45) is 0.285. The number of amides is 2. The molecule has 3 N–H and O–H groups in total. The summed E-state index contributed by atoms with van der Waals surface area (Å²) in [5.41, 5.74) is 0.906. The molecule has 0 bridgehead atoms. The van der Waals surface area contributed by atoms with Gasteiger partial charge in [-0.15, -0.1) is 0 Å². The van der Waals surface area contributed by atoms with Gasteiger partial charge in [-0.25, -0.2) is 18.4 Å². The van der Waals surface area contributed by atoms with Gasteiger partial charge >= 0.3 is 6.09 Å². The van der Waals surface area contributed by atoms with E-state index in [-0.39, 0.29) is 22.9 Å². The van der Waals surface area contributed by atoms with Crippen molar-refractivity contribution in [1.82, 2.24) is 15.1 Å². The second kappa shape index (κ2) is 10.7. The summed E-state index contributed by atoms with van der Waals surface area (Å²) in [6.45, 7) is 8.97. The summed E-state index contributed by atoms with van der Waals surface area (Å²) in [4.78, 5) is 28.3. The Morgan fingerprint density at radius 3 is 2.23 bits per heavy atom. The molecule has 10 heteroatoms. The van der Waals surface area contributed by atoms with Gasteiger partial charge in [0.25, 0.3) is 0 Å². The van der Waals surface area contributed by atoms with Gasteiger partial charge in [0.2, 0.25) is 15.9 Å². The SMILES string of the molecule is CC(C)COC(=O)N1CCN(C(C)C(=O)NCCc2ccc(S(N)(=O)=O)cc2)CC1. The van der Waals surface area contributed by atoms with Crippen LogP contribution in [0.15, 0.2) is 29.2 Å². The molecule has 1 aromatic carbocycles. The number of ether oxygens (including phenoxy) is 1. The third kappa shape index (κ3) is 7.26. The average Bonchev–Trinajstić information content (AvgIpc) is 2.71. The Kier molecular flexibility index (Phi) is 8.63. The third-order valence-corrected chi connectivity index (χ3v) is 5.93. The van der Waals surface area contributed by atoms with E-state index in [1.807, 2.05) is 25.7 Å². The Balaban J connectivity index is 1.73. The van der Waals surface area contributed by atoms with Gasteiger partial charge in [0.05, 0.1) is 17.5 Å². The number of nitrogens with one attached hydrogen (secondary N) is 1. The zero-order chi connectivity index (χ0) is 22.3. The predicted octanol–water partition coefficient (Wildman–Crippen LogP) is 0.791. The summed E-state index contributed by atoms with van der Waals surface area (Å²) in [6, 6.07) is 5.99. The molecule has 1 heterocycles. The van der Waals surface area contributed by atoms with Crippen molar-refractivity contribution in [2.45, 2.75) is 38.1 Å². The molecule has 1 unspecified atom stereocenters. The highest BCUT2D eigenvalue weighted by Gasteiger charge is 2.28. The molecule has 1 saturated heterocycles. The summed E-state index contributed by atoms with van der Waals surface area (Å²) in [7, 11) is -3.70. The largest absolute Gasteiger partial charge is 0.449 e. The molecule has 30 heavy (non-hydrogen) atoms. The number of carbonyl (C=O) groups excluding carboxylic acids is 2. The molecule has 168 valence electrons. The van der Waals surface area contributed by atoms with Gasteiger partial charge in [-0.2, -0.15) is 0 Å². The van der Waals surface area contributed by atoms with Crippen LogP contribution >= 0.6 is 0 Å². The standard InChI is InChI=1S/C20H32N4O5S/c1-15(2)14-29-20(26)24-12-10-23(11-13-24)16(3)19(25)22-9-8-17-4-6-18(7-5-17)30(21,27)28/h4-7,15-16H,8-14H2,1-3H3,(H,22,25)(H2,21,27,28). The van der Waals surface area contributed by atoms with Crippen LogP contribution < -0.4 is 10.5 Å². The zero-order valence-corrected chi connectivity index (χ0v) is 18.7. The normalized spacial score (nSPS) is 16.4. The minimum Gasteiger partial charge on any atom is -0.449 e. The second-order valence-corrected chi connectivity index (χ2v) is 9.46. The zero-order valence-electron chi connectivity index (χ0n) is 17.8. The first-order valence-corrected chi connectivity index (χ1v) is 11.7. The van der Waals surface area contributed by atoms with Crippen LogP contribution in [0.4, 0.5) is 4.79 Å². The lowest BCUT2D eigenvalue weighted by molar-refractivity contribution is -0.126. The number of piperazine rings is 1. The monoisotopic (exact) mass is 440 g/mol. The van der Waals surface area contributed by atoms with Gasteiger partial charge in [-0.3, -0.25) is 9.69 Å². The third-order valence-electron chi connectivity index (χ3n) is 5.00. The van der Waals surface area contributed by atoms with Crippen LogP contribution in [0.1, 0.15) is 26.3 Å². The van der Waals surface area contributed by atoms with E-state index in [9.17, 15) is 18.0 Å². The first kappa shape index (κ1) is 24.1. The van der Waals surface area contributed by atoms with E-state index in [4.69, 9.17) is 9.88 Å². The number of hydrogen-bond acceptors (Lipinski definition) is 6. The smallest absolute Gasteiger partial charge is 0.409 e. The molecule has 2 rings (SSSR count). The summed E-state index contributed by atoms with van der Waals surface area (Å²) < 4.78 is 27.8. The number of primary sulfonamides is 1. The van der Waals surface area contributed by atoms with Crippen molar-refractivity contribution >= 4 is 22.0 Å². The van der Waals surface area contributed by atoms with Gasteiger partial charge < -0.3 is 15.0 Å². The number of nitrogens with zero attached hydrogens (tertiary/aromatic N) is 2. The number of nitrogens with two attached hydrogens (primary N) is 1. The van der Waals surface area contributed by atoms with E-state index in [1.165, 1.54) is 12.1 Å². The molecule has 0 radical (unpaired) electrons. The maximum absolute atomic E-state index is 12.5.